The normalized spacial score (nSPS) is 10.5. The van der Waals surface area contributed by atoms with E-state index in [0.717, 1.165) is 5.56 Å². The molecule has 110 valence electrons. The van der Waals surface area contributed by atoms with Crippen molar-refractivity contribution in [2.45, 2.75) is 13.5 Å². The summed E-state index contributed by atoms with van der Waals surface area (Å²) in [5, 5.41) is 1.26. The second-order valence-electron chi connectivity index (χ2n) is 4.57. The van der Waals surface area contributed by atoms with E-state index in [0.29, 0.717) is 33.2 Å². The van der Waals surface area contributed by atoms with Gasteiger partial charge in [-0.05, 0) is 58.7 Å². The van der Waals surface area contributed by atoms with Crippen LogP contribution in [0.4, 0.5) is 0 Å². The lowest BCUT2D eigenvalue weighted by Gasteiger charge is -2.22. The fourth-order valence-corrected chi connectivity index (χ4v) is 3.08. The zero-order valence-electron chi connectivity index (χ0n) is 11.4. The van der Waals surface area contributed by atoms with Gasteiger partial charge in [-0.2, -0.15) is 0 Å². The topological polar surface area (TPSA) is 20.3 Å². The maximum absolute atomic E-state index is 12.6. The first-order chi connectivity index (χ1) is 10.0. The Balaban J connectivity index is 2.22. The summed E-state index contributed by atoms with van der Waals surface area (Å²) in [6.45, 7) is 3.08. The molecule has 2 aromatic rings. The number of carbonyl (C=O) groups is 1. The Kier molecular flexibility index (Phi) is 5.68. The molecule has 0 radical (unpaired) electrons. The summed E-state index contributed by atoms with van der Waals surface area (Å²) in [5.74, 6) is -0.0407. The minimum atomic E-state index is -0.0407. The Morgan fingerprint density at radius 1 is 1.14 bits per heavy atom. The zero-order valence-corrected chi connectivity index (χ0v) is 14.5. The predicted octanol–water partition coefficient (Wildman–Crippen LogP) is 5.42. The van der Waals surface area contributed by atoms with Crippen molar-refractivity contribution in [3.63, 3.8) is 0 Å². The van der Waals surface area contributed by atoms with E-state index < -0.39 is 0 Å². The van der Waals surface area contributed by atoms with Crippen LogP contribution in [0.25, 0.3) is 0 Å². The molecule has 21 heavy (non-hydrogen) atoms. The number of rotatable bonds is 4. The largest absolute Gasteiger partial charge is 0.335 e. The van der Waals surface area contributed by atoms with Gasteiger partial charge in [-0.15, -0.1) is 0 Å². The van der Waals surface area contributed by atoms with Crippen LogP contribution >= 0.6 is 39.1 Å². The molecule has 0 unspecified atom stereocenters. The molecule has 0 fully saturated rings. The van der Waals surface area contributed by atoms with Crippen molar-refractivity contribution in [2.75, 3.05) is 6.54 Å². The number of halogens is 3. The van der Waals surface area contributed by atoms with Crippen LogP contribution in [0.3, 0.4) is 0 Å². The van der Waals surface area contributed by atoms with E-state index >= 15 is 0 Å². The van der Waals surface area contributed by atoms with Crippen molar-refractivity contribution in [2.24, 2.45) is 0 Å². The molecule has 0 aliphatic heterocycles. The average Bonchev–Trinajstić information content (AvgIpc) is 2.44. The molecular formula is C16H14BrCl2NO. The van der Waals surface area contributed by atoms with E-state index in [-0.39, 0.29) is 5.91 Å². The Morgan fingerprint density at radius 3 is 2.48 bits per heavy atom. The second kappa shape index (κ2) is 7.30. The molecule has 0 heterocycles. The van der Waals surface area contributed by atoms with E-state index in [2.05, 4.69) is 15.9 Å². The molecule has 0 saturated carbocycles. The first-order valence-electron chi connectivity index (χ1n) is 6.50. The fraction of sp³-hybridized carbons (Fsp3) is 0.188. The summed E-state index contributed by atoms with van der Waals surface area (Å²) in [6, 6.07) is 12.7. The summed E-state index contributed by atoms with van der Waals surface area (Å²) in [4.78, 5) is 14.4. The highest BCUT2D eigenvalue weighted by atomic mass is 79.9. The number of benzene rings is 2. The van der Waals surface area contributed by atoms with Crippen LogP contribution in [0.5, 0.6) is 0 Å². The number of hydrogen-bond acceptors (Lipinski definition) is 1. The minimum absolute atomic E-state index is 0.0407. The van der Waals surface area contributed by atoms with Gasteiger partial charge in [-0.3, -0.25) is 4.79 Å². The van der Waals surface area contributed by atoms with Crippen LogP contribution in [0, 0.1) is 0 Å². The second-order valence-corrected chi connectivity index (χ2v) is 6.30. The maximum atomic E-state index is 12.6. The van der Waals surface area contributed by atoms with Crippen molar-refractivity contribution in [3.8, 4) is 0 Å². The van der Waals surface area contributed by atoms with Gasteiger partial charge in [0.25, 0.3) is 5.91 Å². The Bertz CT molecular complexity index is 660. The first kappa shape index (κ1) is 16.3. The van der Waals surface area contributed by atoms with Gasteiger partial charge in [0.1, 0.15) is 0 Å². The molecule has 1 amide bonds. The SMILES string of the molecule is CCN(Cc1cccc(Cl)c1)C(=O)c1ccc(Cl)cc1Br. The highest BCUT2D eigenvalue weighted by Crippen LogP contribution is 2.23. The number of amides is 1. The zero-order chi connectivity index (χ0) is 15.4. The van der Waals surface area contributed by atoms with E-state index in [1.54, 1.807) is 23.1 Å². The van der Waals surface area contributed by atoms with Crippen molar-refractivity contribution >= 4 is 45.0 Å². The predicted molar refractivity (Wildman–Crippen MR) is 91.0 cm³/mol. The van der Waals surface area contributed by atoms with Gasteiger partial charge < -0.3 is 4.90 Å². The first-order valence-corrected chi connectivity index (χ1v) is 8.05. The van der Waals surface area contributed by atoms with Crippen molar-refractivity contribution in [1.82, 2.24) is 4.90 Å². The molecule has 2 aromatic carbocycles. The molecule has 2 rings (SSSR count). The summed E-state index contributed by atoms with van der Waals surface area (Å²) < 4.78 is 0.699. The summed E-state index contributed by atoms with van der Waals surface area (Å²) >= 11 is 15.3. The molecule has 0 aliphatic carbocycles. The smallest absolute Gasteiger partial charge is 0.255 e. The van der Waals surface area contributed by atoms with Gasteiger partial charge in [-0.1, -0.05) is 35.3 Å². The molecular weight excluding hydrogens is 373 g/mol. The van der Waals surface area contributed by atoms with Crippen LogP contribution < -0.4 is 0 Å². The van der Waals surface area contributed by atoms with Crippen molar-refractivity contribution in [3.05, 3.63) is 68.1 Å². The number of nitrogens with zero attached hydrogens (tertiary/aromatic N) is 1. The third-order valence-corrected chi connectivity index (χ3v) is 4.22. The summed E-state index contributed by atoms with van der Waals surface area (Å²) in [6.07, 6.45) is 0. The monoisotopic (exact) mass is 385 g/mol. The lowest BCUT2D eigenvalue weighted by atomic mass is 10.1. The molecule has 0 atom stereocenters. The Hall–Kier alpha value is -1.03. The van der Waals surface area contributed by atoms with Gasteiger partial charge in [-0.25, -0.2) is 0 Å². The fourth-order valence-electron chi connectivity index (χ4n) is 2.02. The molecule has 0 spiro atoms. The molecule has 0 saturated heterocycles. The van der Waals surface area contributed by atoms with Gasteiger partial charge in [0, 0.05) is 27.6 Å². The van der Waals surface area contributed by atoms with Crippen molar-refractivity contribution in [1.29, 1.82) is 0 Å². The van der Waals surface area contributed by atoms with Crippen molar-refractivity contribution < 1.29 is 4.79 Å². The minimum Gasteiger partial charge on any atom is -0.335 e. The highest BCUT2D eigenvalue weighted by molar-refractivity contribution is 9.10. The lowest BCUT2D eigenvalue weighted by Crippen LogP contribution is -2.30. The lowest BCUT2D eigenvalue weighted by molar-refractivity contribution is 0.0751. The van der Waals surface area contributed by atoms with Crippen LogP contribution in [-0.2, 0) is 6.54 Å². The van der Waals surface area contributed by atoms with E-state index in [1.165, 1.54) is 0 Å². The molecule has 5 heteroatoms. The molecule has 0 aromatic heterocycles. The van der Waals surface area contributed by atoms with Gasteiger partial charge in [0.15, 0.2) is 0 Å². The standard InChI is InChI=1S/C16H14BrCl2NO/c1-2-20(10-11-4-3-5-12(18)8-11)16(21)14-7-6-13(19)9-15(14)17/h3-9H,2,10H2,1H3. The Morgan fingerprint density at radius 2 is 1.86 bits per heavy atom. The molecule has 0 bridgehead atoms. The van der Waals surface area contributed by atoms with Crippen LogP contribution in [0.2, 0.25) is 10.0 Å². The van der Waals surface area contributed by atoms with Crippen LogP contribution in [0.15, 0.2) is 46.9 Å². The maximum Gasteiger partial charge on any atom is 0.255 e. The average molecular weight is 387 g/mol. The summed E-state index contributed by atoms with van der Waals surface area (Å²) in [7, 11) is 0. The molecule has 0 aliphatic rings. The Labute approximate surface area is 142 Å². The van der Waals surface area contributed by atoms with E-state index in [1.807, 2.05) is 31.2 Å². The van der Waals surface area contributed by atoms with Gasteiger partial charge in [0.2, 0.25) is 0 Å². The summed E-state index contributed by atoms with van der Waals surface area (Å²) in [5.41, 5.74) is 1.60. The number of hydrogen-bond donors (Lipinski definition) is 0. The third-order valence-electron chi connectivity index (χ3n) is 3.09. The number of carbonyl (C=O) groups excluding carboxylic acids is 1. The van der Waals surface area contributed by atoms with E-state index in [4.69, 9.17) is 23.2 Å². The van der Waals surface area contributed by atoms with Gasteiger partial charge in [0.05, 0.1) is 5.56 Å². The molecule has 2 nitrogen and oxygen atoms in total. The van der Waals surface area contributed by atoms with Crippen LogP contribution in [-0.4, -0.2) is 17.4 Å². The molecule has 0 N–H and O–H groups in total. The van der Waals surface area contributed by atoms with E-state index in [9.17, 15) is 4.79 Å². The quantitative estimate of drug-likeness (QED) is 0.687. The van der Waals surface area contributed by atoms with Crippen LogP contribution in [0.1, 0.15) is 22.8 Å². The highest BCUT2D eigenvalue weighted by Gasteiger charge is 2.17. The van der Waals surface area contributed by atoms with Gasteiger partial charge >= 0.3 is 0 Å². The third kappa shape index (κ3) is 4.22.